The van der Waals surface area contributed by atoms with Crippen LogP contribution in [0.2, 0.25) is 0 Å². The van der Waals surface area contributed by atoms with Crippen LogP contribution in [0.25, 0.3) is 10.8 Å². The molecule has 2 saturated heterocycles. The number of rotatable bonds is 4. The maximum atomic E-state index is 13.4. The second kappa shape index (κ2) is 4.57. The van der Waals surface area contributed by atoms with E-state index in [-0.39, 0.29) is 0 Å². The third-order valence-electron chi connectivity index (χ3n) is 4.27. The van der Waals surface area contributed by atoms with Crippen LogP contribution < -0.4 is 4.52 Å². The van der Waals surface area contributed by atoms with E-state index in [4.69, 9.17) is 4.52 Å². The van der Waals surface area contributed by atoms with Crippen molar-refractivity contribution in [3.05, 3.63) is 42.5 Å². The standard InChI is InChI=1S/C16H19N2O2P/c1-12-10-17(12)21(19,18-11-13(18)2)20-16-9-5-7-14-6-3-4-8-15(14)16/h3-9,12-13H,10-11H2,1-2H3/t12-,13-,17?,18?,21?/m1/s1. The Kier molecular flexibility index (Phi) is 2.90. The van der Waals surface area contributed by atoms with Crippen LogP contribution >= 0.6 is 7.67 Å². The molecule has 0 bridgehead atoms. The molecule has 2 aliphatic rings. The van der Waals surface area contributed by atoms with E-state index in [1.165, 1.54) is 0 Å². The summed E-state index contributed by atoms with van der Waals surface area (Å²) in [6.45, 7) is 5.89. The minimum atomic E-state index is -2.91. The number of hydrogen-bond acceptors (Lipinski definition) is 2. The molecular weight excluding hydrogens is 283 g/mol. The highest BCUT2D eigenvalue weighted by Gasteiger charge is 2.57. The minimum Gasteiger partial charge on any atom is -0.421 e. The molecule has 0 N–H and O–H groups in total. The number of nitrogens with zero attached hydrogens (tertiary/aromatic N) is 2. The molecule has 5 heteroatoms. The lowest BCUT2D eigenvalue weighted by molar-refractivity contribution is 0.402. The van der Waals surface area contributed by atoms with E-state index in [2.05, 4.69) is 13.8 Å². The second-order valence-corrected chi connectivity index (χ2v) is 8.19. The van der Waals surface area contributed by atoms with Gasteiger partial charge in [-0.1, -0.05) is 36.4 Å². The van der Waals surface area contributed by atoms with Gasteiger partial charge in [-0.25, -0.2) is 13.9 Å². The number of fused-ring (bicyclic) bond motifs is 1. The Bertz CT molecular complexity index is 723. The van der Waals surface area contributed by atoms with Gasteiger partial charge < -0.3 is 4.52 Å². The van der Waals surface area contributed by atoms with Gasteiger partial charge in [-0.15, -0.1) is 0 Å². The van der Waals surface area contributed by atoms with Gasteiger partial charge in [0, 0.05) is 30.6 Å². The van der Waals surface area contributed by atoms with Crippen LogP contribution in [0.3, 0.4) is 0 Å². The highest BCUT2D eigenvalue weighted by Crippen LogP contribution is 2.64. The topological polar surface area (TPSA) is 32.3 Å². The zero-order chi connectivity index (χ0) is 14.6. The smallest absolute Gasteiger partial charge is 0.396 e. The Labute approximate surface area is 124 Å². The lowest BCUT2D eigenvalue weighted by Crippen LogP contribution is -2.13. The third-order valence-corrected chi connectivity index (χ3v) is 7.12. The van der Waals surface area contributed by atoms with Gasteiger partial charge >= 0.3 is 7.67 Å². The molecule has 110 valence electrons. The predicted molar refractivity (Wildman–Crippen MR) is 84.5 cm³/mol. The molecule has 2 aromatic carbocycles. The normalized spacial score (nSPS) is 33.4. The van der Waals surface area contributed by atoms with Crippen molar-refractivity contribution in [2.75, 3.05) is 13.1 Å². The molecule has 21 heavy (non-hydrogen) atoms. The fraction of sp³-hybridized carbons (Fsp3) is 0.375. The molecule has 2 unspecified atom stereocenters. The maximum Gasteiger partial charge on any atom is 0.396 e. The maximum absolute atomic E-state index is 13.4. The van der Waals surface area contributed by atoms with E-state index in [0.717, 1.165) is 29.6 Å². The van der Waals surface area contributed by atoms with Gasteiger partial charge in [0.25, 0.3) is 0 Å². The highest BCUT2D eigenvalue weighted by atomic mass is 31.2. The Morgan fingerprint density at radius 1 is 1.00 bits per heavy atom. The first-order chi connectivity index (χ1) is 10.1. The quantitative estimate of drug-likeness (QED) is 0.636. The van der Waals surface area contributed by atoms with E-state index in [1.807, 2.05) is 51.8 Å². The Hall–Kier alpha value is -1.35. The molecule has 0 aliphatic carbocycles. The lowest BCUT2D eigenvalue weighted by atomic mass is 10.1. The van der Waals surface area contributed by atoms with E-state index in [1.54, 1.807) is 0 Å². The summed E-state index contributed by atoms with van der Waals surface area (Å²) in [6, 6.07) is 14.7. The van der Waals surface area contributed by atoms with Gasteiger partial charge in [0.15, 0.2) is 0 Å². The summed E-state index contributed by atoms with van der Waals surface area (Å²) >= 11 is 0. The van der Waals surface area contributed by atoms with Gasteiger partial charge in [-0.3, -0.25) is 0 Å². The summed E-state index contributed by atoms with van der Waals surface area (Å²) in [4.78, 5) is 0. The van der Waals surface area contributed by atoms with Crippen molar-refractivity contribution in [2.24, 2.45) is 0 Å². The summed E-state index contributed by atoms with van der Waals surface area (Å²) in [6.07, 6.45) is 0. The summed E-state index contributed by atoms with van der Waals surface area (Å²) < 4.78 is 23.5. The van der Waals surface area contributed by atoms with Gasteiger partial charge in [0.05, 0.1) is 0 Å². The zero-order valence-corrected chi connectivity index (χ0v) is 13.2. The molecule has 0 spiro atoms. The molecule has 0 amide bonds. The predicted octanol–water partition coefficient (Wildman–Crippen LogP) is 3.73. The van der Waals surface area contributed by atoms with Crippen LogP contribution in [0, 0.1) is 0 Å². The van der Waals surface area contributed by atoms with Crippen LogP contribution in [0.15, 0.2) is 42.5 Å². The SMILES string of the molecule is C[C@@H]1CN1P(=O)(Oc1cccc2ccccc12)N1C[C@H]1C. The first kappa shape index (κ1) is 13.3. The van der Waals surface area contributed by atoms with E-state index < -0.39 is 7.67 Å². The summed E-state index contributed by atoms with van der Waals surface area (Å²) in [5.41, 5.74) is 0. The average molecular weight is 302 g/mol. The van der Waals surface area contributed by atoms with Crippen molar-refractivity contribution in [1.82, 2.24) is 9.34 Å². The van der Waals surface area contributed by atoms with Crippen LogP contribution in [-0.2, 0) is 4.57 Å². The lowest BCUT2D eigenvalue weighted by Gasteiger charge is -2.22. The van der Waals surface area contributed by atoms with Crippen molar-refractivity contribution in [3.8, 4) is 5.75 Å². The third kappa shape index (κ3) is 2.18. The molecule has 2 aromatic rings. The molecule has 4 atom stereocenters. The fourth-order valence-electron chi connectivity index (χ4n) is 2.81. The van der Waals surface area contributed by atoms with Gasteiger partial charge in [0.1, 0.15) is 5.75 Å². The van der Waals surface area contributed by atoms with Gasteiger partial charge in [0.2, 0.25) is 0 Å². The molecule has 4 nitrogen and oxygen atoms in total. The fourth-order valence-corrected chi connectivity index (χ4v) is 5.61. The molecule has 0 aromatic heterocycles. The summed E-state index contributed by atoms with van der Waals surface area (Å²) in [5.74, 6) is 0.717. The van der Waals surface area contributed by atoms with E-state index in [0.29, 0.717) is 12.1 Å². The Morgan fingerprint density at radius 2 is 1.57 bits per heavy atom. The molecule has 0 saturated carbocycles. The Morgan fingerprint density at radius 3 is 2.19 bits per heavy atom. The number of hydrogen-bond donors (Lipinski definition) is 0. The van der Waals surface area contributed by atoms with Crippen molar-refractivity contribution in [2.45, 2.75) is 25.9 Å². The molecule has 2 aliphatic heterocycles. The Balaban J connectivity index is 1.74. The van der Waals surface area contributed by atoms with Crippen LogP contribution in [0.1, 0.15) is 13.8 Å². The zero-order valence-electron chi connectivity index (χ0n) is 12.3. The average Bonchev–Trinajstić information content (AvgIpc) is 3.38. The molecule has 0 radical (unpaired) electrons. The molecule has 4 rings (SSSR count). The highest BCUT2D eigenvalue weighted by molar-refractivity contribution is 7.55. The molecule has 2 heterocycles. The largest absolute Gasteiger partial charge is 0.421 e. The van der Waals surface area contributed by atoms with Crippen LogP contribution in [0.4, 0.5) is 0 Å². The van der Waals surface area contributed by atoms with Crippen LogP contribution in [0.5, 0.6) is 5.75 Å². The van der Waals surface area contributed by atoms with E-state index >= 15 is 0 Å². The van der Waals surface area contributed by atoms with Crippen molar-refractivity contribution < 1.29 is 9.09 Å². The number of benzene rings is 2. The molecular formula is C16H19N2O2P. The van der Waals surface area contributed by atoms with Crippen molar-refractivity contribution in [1.29, 1.82) is 0 Å². The van der Waals surface area contributed by atoms with Gasteiger partial charge in [-0.2, -0.15) is 0 Å². The van der Waals surface area contributed by atoms with Gasteiger partial charge in [-0.05, 0) is 25.3 Å². The second-order valence-electron chi connectivity index (χ2n) is 6.00. The summed E-state index contributed by atoms with van der Waals surface area (Å²) in [7, 11) is -2.91. The van der Waals surface area contributed by atoms with Crippen molar-refractivity contribution in [3.63, 3.8) is 0 Å². The molecule has 2 fully saturated rings. The monoisotopic (exact) mass is 302 g/mol. The first-order valence-corrected chi connectivity index (χ1v) is 8.94. The van der Waals surface area contributed by atoms with E-state index in [9.17, 15) is 4.57 Å². The van der Waals surface area contributed by atoms with Crippen LogP contribution in [-0.4, -0.2) is 34.5 Å². The first-order valence-electron chi connectivity index (χ1n) is 7.41. The summed E-state index contributed by atoms with van der Waals surface area (Å²) in [5, 5.41) is 2.13. The van der Waals surface area contributed by atoms with Crippen molar-refractivity contribution >= 4 is 18.4 Å². The minimum absolute atomic E-state index is 0.346.